The van der Waals surface area contributed by atoms with Crippen LogP contribution in [0.15, 0.2) is 0 Å². The Morgan fingerprint density at radius 3 is 1.65 bits per heavy atom. The molecule has 0 aromatic carbocycles. The molecule has 0 spiro atoms. The Morgan fingerprint density at radius 1 is 1.06 bits per heavy atom. The van der Waals surface area contributed by atoms with Crippen LogP contribution in [0.1, 0.15) is 72.6 Å². The van der Waals surface area contributed by atoms with Crippen molar-refractivity contribution in [2.24, 2.45) is 5.73 Å². The molecular weight excluding hydrogens is 214 g/mol. The number of hydrogen-bond acceptors (Lipinski definition) is 3. The van der Waals surface area contributed by atoms with E-state index in [2.05, 4.69) is 6.92 Å². The predicted molar refractivity (Wildman–Crippen MR) is 77.2 cm³/mol. The summed E-state index contributed by atoms with van der Waals surface area (Å²) in [4.78, 5) is 0. The Morgan fingerprint density at radius 2 is 1.53 bits per heavy atom. The molecule has 0 aromatic rings. The van der Waals surface area contributed by atoms with Gasteiger partial charge in [0.1, 0.15) is 0 Å². The first-order valence-electron chi connectivity index (χ1n) is 6.71. The van der Waals surface area contributed by atoms with E-state index in [1.165, 1.54) is 32.1 Å². The van der Waals surface area contributed by atoms with Gasteiger partial charge in [-0.1, -0.05) is 47.0 Å². The summed E-state index contributed by atoms with van der Waals surface area (Å²) in [6, 6.07) is 0. The Balaban J connectivity index is -0.000000177. The zero-order valence-corrected chi connectivity index (χ0v) is 11.1. The molecule has 0 amide bonds. The minimum absolute atomic E-state index is 0. The Kier molecular flexibility index (Phi) is 27.5. The second-order valence-corrected chi connectivity index (χ2v) is 4.16. The van der Waals surface area contributed by atoms with Gasteiger partial charge in [0, 0.05) is 6.61 Å². The molecule has 3 heteroatoms. The molecule has 17 heavy (non-hydrogen) atoms. The maximum absolute atomic E-state index is 8.91. The van der Waals surface area contributed by atoms with Crippen LogP contribution in [0.2, 0.25) is 0 Å². The van der Waals surface area contributed by atoms with Crippen molar-refractivity contribution < 1.29 is 10.2 Å². The average Bonchev–Trinajstić information content (AvgIpc) is 2.32. The van der Waals surface area contributed by atoms with E-state index in [0.717, 1.165) is 25.8 Å². The molecular formula is C14H35NO2. The van der Waals surface area contributed by atoms with E-state index in [0.29, 0.717) is 6.61 Å². The van der Waals surface area contributed by atoms with Gasteiger partial charge in [0.05, 0.1) is 6.10 Å². The number of nitrogens with two attached hydrogens (primary N) is 1. The largest absolute Gasteiger partial charge is 0.396 e. The van der Waals surface area contributed by atoms with Crippen LogP contribution in [0.3, 0.4) is 0 Å². The number of aliphatic hydroxyl groups is 2. The molecule has 0 aliphatic heterocycles. The minimum Gasteiger partial charge on any atom is -0.396 e. The molecule has 1 aliphatic rings. The second kappa shape index (κ2) is 21.2. The third-order valence-corrected chi connectivity index (χ3v) is 2.36. The van der Waals surface area contributed by atoms with Crippen LogP contribution in [0, 0.1) is 0 Å². The van der Waals surface area contributed by atoms with Crippen molar-refractivity contribution in [2.75, 3.05) is 13.2 Å². The third kappa shape index (κ3) is 25.8. The lowest BCUT2D eigenvalue weighted by molar-refractivity contribution is 0.130. The van der Waals surface area contributed by atoms with Gasteiger partial charge in [0.25, 0.3) is 0 Å². The standard InChI is InChI=1S/C6H12O.C4H11N.C3H8O.CH4/c7-6-4-2-1-3-5-6;1-2-3-4-5;1-2-3-4;/h6-7H,1-5H2;2-5H2,1H3;4H,2-3H2,1H3;1H4. The zero-order chi connectivity index (χ0) is 12.6. The highest BCUT2D eigenvalue weighted by Gasteiger charge is 2.07. The topological polar surface area (TPSA) is 66.5 Å². The summed E-state index contributed by atoms with van der Waals surface area (Å²) in [6.07, 6.45) is 9.18. The molecule has 108 valence electrons. The number of rotatable bonds is 3. The maximum Gasteiger partial charge on any atom is 0.0540 e. The molecule has 3 nitrogen and oxygen atoms in total. The van der Waals surface area contributed by atoms with E-state index < -0.39 is 0 Å². The van der Waals surface area contributed by atoms with Crippen LogP contribution in [0.5, 0.6) is 0 Å². The third-order valence-electron chi connectivity index (χ3n) is 2.36. The maximum atomic E-state index is 8.91. The first-order chi connectivity index (χ1) is 7.72. The molecule has 0 unspecified atom stereocenters. The van der Waals surface area contributed by atoms with Gasteiger partial charge >= 0.3 is 0 Å². The fourth-order valence-electron chi connectivity index (χ4n) is 1.29. The van der Waals surface area contributed by atoms with Gasteiger partial charge in [-0.15, -0.1) is 0 Å². The molecule has 0 bridgehead atoms. The molecule has 0 saturated heterocycles. The number of hydrogen-bond donors (Lipinski definition) is 3. The highest BCUT2D eigenvalue weighted by molar-refractivity contribution is 4.61. The highest BCUT2D eigenvalue weighted by atomic mass is 16.3. The molecule has 0 heterocycles. The van der Waals surface area contributed by atoms with E-state index in [1.54, 1.807) is 0 Å². The van der Waals surface area contributed by atoms with Gasteiger partial charge in [0.2, 0.25) is 0 Å². The van der Waals surface area contributed by atoms with Crippen molar-refractivity contribution in [3.63, 3.8) is 0 Å². The van der Waals surface area contributed by atoms with Crippen molar-refractivity contribution in [2.45, 2.75) is 78.7 Å². The molecule has 4 N–H and O–H groups in total. The van der Waals surface area contributed by atoms with Gasteiger partial charge in [0.15, 0.2) is 0 Å². The normalized spacial score (nSPS) is 14.6. The predicted octanol–water partition coefficient (Wildman–Crippen LogP) is 3.08. The lowest BCUT2D eigenvalue weighted by atomic mass is 9.98. The van der Waals surface area contributed by atoms with Gasteiger partial charge in [-0.25, -0.2) is 0 Å². The van der Waals surface area contributed by atoms with Crippen molar-refractivity contribution in [3.05, 3.63) is 0 Å². The van der Waals surface area contributed by atoms with E-state index in [1.807, 2.05) is 6.92 Å². The molecule has 1 fully saturated rings. The van der Waals surface area contributed by atoms with Crippen LogP contribution in [0.4, 0.5) is 0 Å². The summed E-state index contributed by atoms with van der Waals surface area (Å²) in [5.74, 6) is 0. The van der Waals surface area contributed by atoms with Gasteiger partial charge < -0.3 is 15.9 Å². The molecule has 0 atom stereocenters. The van der Waals surface area contributed by atoms with Gasteiger partial charge in [-0.05, 0) is 32.2 Å². The smallest absolute Gasteiger partial charge is 0.0540 e. The monoisotopic (exact) mass is 249 g/mol. The summed E-state index contributed by atoms with van der Waals surface area (Å²) < 4.78 is 0. The first kappa shape index (κ1) is 22.1. The molecule has 0 aromatic heterocycles. The van der Waals surface area contributed by atoms with Crippen LogP contribution in [-0.2, 0) is 0 Å². The molecule has 1 rings (SSSR count). The Labute approximate surface area is 108 Å². The fourth-order valence-corrected chi connectivity index (χ4v) is 1.29. The van der Waals surface area contributed by atoms with E-state index in [-0.39, 0.29) is 13.5 Å². The molecule has 0 radical (unpaired) electrons. The van der Waals surface area contributed by atoms with E-state index in [4.69, 9.17) is 15.9 Å². The summed E-state index contributed by atoms with van der Waals surface area (Å²) in [7, 11) is 0. The van der Waals surface area contributed by atoms with Gasteiger partial charge in [-0.2, -0.15) is 0 Å². The van der Waals surface area contributed by atoms with Crippen molar-refractivity contribution in [1.82, 2.24) is 0 Å². The first-order valence-corrected chi connectivity index (χ1v) is 6.71. The quantitative estimate of drug-likeness (QED) is 0.720. The lowest BCUT2D eigenvalue weighted by Gasteiger charge is -2.14. The van der Waals surface area contributed by atoms with E-state index >= 15 is 0 Å². The van der Waals surface area contributed by atoms with Crippen LogP contribution in [0.25, 0.3) is 0 Å². The van der Waals surface area contributed by atoms with Crippen molar-refractivity contribution in [1.29, 1.82) is 0 Å². The lowest BCUT2D eigenvalue weighted by Crippen LogP contribution is -2.09. The molecule has 1 aliphatic carbocycles. The zero-order valence-electron chi connectivity index (χ0n) is 11.1. The second-order valence-electron chi connectivity index (χ2n) is 4.16. The summed E-state index contributed by atoms with van der Waals surface area (Å²) in [5, 5.41) is 16.8. The summed E-state index contributed by atoms with van der Waals surface area (Å²) >= 11 is 0. The van der Waals surface area contributed by atoms with Crippen LogP contribution in [-0.4, -0.2) is 29.5 Å². The number of unbranched alkanes of at least 4 members (excludes halogenated alkanes) is 1. The number of aliphatic hydroxyl groups excluding tert-OH is 2. The average molecular weight is 249 g/mol. The Bertz CT molecular complexity index is 100. The van der Waals surface area contributed by atoms with E-state index in [9.17, 15) is 0 Å². The summed E-state index contributed by atoms with van der Waals surface area (Å²) in [5.41, 5.74) is 5.14. The van der Waals surface area contributed by atoms with Crippen molar-refractivity contribution >= 4 is 0 Å². The Hall–Kier alpha value is -0.120. The van der Waals surface area contributed by atoms with Crippen LogP contribution >= 0.6 is 0 Å². The fraction of sp³-hybridized carbons (Fsp3) is 1.00. The van der Waals surface area contributed by atoms with Crippen molar-refractivity contribution in [3.8, 4) is 0 Å². The molecule has 1 saturated carbocycles. The van der Waals surface area contributed by atoms with Crippen LogP contribution < -0.4 is 5.73 Å². The minimum atomic E-state index is 0. The SMILES string of the molecule is C.CCCCN.CCCO.OC1CCCCC1. The van der Waals surface area contributed by atoms with Gasteiger partial charge in [-0.3, -0.25) is 0 Å². The highest BCUT2D eigenvalue weighted by Crippen LogP contribution is 2.16. The summed E-state index contributed by atoms with van der Waals surface area (Å²) in [6.45, 7) is 5.23.